The zero-order chi connectivity index (χ0) is 24.5. The first-order valence-electron chi connectivity index (χ1n) is 11.5. The van der Waals surface area contributed by atoms with Gasteiger partial charge in [0, 0.05) is 31.2 Å². The number of fused-ring (bicyclic) bond motifs is 1. The maximum Gasteiger partial charge on any atom is 0.298 e. The monoisotopic (exact) mass is 475 g/mol. The summed E-state index contributed by atoms with van der Waals surface area (Å²) in [6.45, 7) is 2.72. The molecule has 2 saturated heterocycles. The minimum atomic E-state index is -0.493. The first kappa shape index (κ1) is 22.9. The summed E-state index contributed by atoms with van der Waals surface area (Å²) in [6.07, 6.45) is 2.22. The molecule has 5 rings (SSSR count). The van der Waals surface area contributed by atoms with Gasteiger partial charge in [-0.2, -0.15) is 0 Å². The average molecular weight is 476 g/mol. The van der Waals surface area contributed by atoms with Crippen molar-refractivity contribution in [2.75, 3.05) is 13.1 Å². The molecular weight excluding hydrogens is 449 g/mol. The summed E-state index contributed by atoms with van der Waals surface area (Å²) in [6, 6.07) is 13.0. The smallest absolute Gasteiger partial charge is 0.298 e. The van der Waals surface area contributed by atoms with Gasteiger partial charge in [0.1, 0.15) is 11.8 Å². The van der Waals surface area contributed by atoms with E-state index in [0.717, 1.165) is 17.6 Å². The summed E-state index contributed by atoms with van der Waals surface area (Å²) in [7, 11) is 0. The van der Waals surface area contributed by atoms with Crippen LogP contribution in [0.2, 0.25) is 0 Å². The first-order valence-corrected chi connectivity index (χ1v) is 11.5. The lowest BCUT2D eigenvalue weighted by molar-refractivity contribution is -0.131. The fraction of sp³-hybridized carbons (Fsp3) is 0.308. The Morgan fingerprint density at radius 1 is 1.20 bits per heavy atom. The number of carbonyl (C=O) groups excluding carboxylic acids is 2. The normalized spacial score (nSPS) is 25.3. The highest BCUT2D eigenvalue weighted by Crippen LogP contribution is 2.41. The molecule has 2 fully saturated rings. The zero-order valence-electron chi connectivity index (χ0n) is 19.2. The number of rotatable bonds is 4. The Morgan fingerprint density at radius 3 is 2.71 bits per heavy atom. The van der Waals surface area contributed by atoms with Gasteiger partial charge in [-0.25, -0.2) is 9.82 Å². The number of nitrogens with one attached hydrogen (secondary N) is 2. The maximum absolute atomic E-state index is 13.9. The van der Waals surface area contributed by atoms with Gasteiger partial charge in [-0.05, 0) is 54.7 Å². The standard InChI is InChI=1S/C26H26FN5O3/c1-2-5-22(33)31-13-12-17(14-31)32-15-19(23-24(32)26(34)30-29-25(23)28)16-8-10-18(11-9-16)35-21-7-4-3-6-20(21)27/h3-4,6-11,15,17,23-25,29H,12-14,28H2,1H3,(H,30,34)/t17-,23?,24?,25?/m1/s1. The van der Waals surface area contributed by atoms with Crippen LogP contribution in [0.3, 0.4) is 0 Å². The second-order valence-electron chi connectivity index (χ2n) is 8.79. The number of para-hydroxylation sites is 1. The number of likely N-dealkylation sites (tertiary alicyclic amines) is 1. The molecule has 35 heavy (non-hydrogen) atoms. The van der Waals surface area contributed by atoms with Gasteiger partial charge < -0.3 is 20.3 Å². The lowest BCUT2D eigenvalue weighted by atomic mass is 9.86. The number of halogens is 1. The third kappa shape index (κ3) is 4.34. The van der Waals surface area contributed by atoms with Crippen LogP contribution in [0.15, 0.2) is 54.7 Å². The van der Waals surface area contributed by atoms with Crippen LogP contribution in [-0.2, 0) is 9.59 Å². The van der Waals surface area contributed by atoms with Gasteiger partial charge in [0.05, 0.1) is 6.17 Å². The predicted molar refractivity (Wildman–Crippen MR) is 128 cm³/mol. The fourth-order valence-corrected chi connectivity index (χ4v) is 5.01. The molecule has 9 heteroatoms. The van der Waals surface area contributed by atoms with E-state index in [1.165, 1.54) is 6.07 Å². The van der Waals surface area contributed by atoms with Crippen LogP contribution in [-0.4, -0.2) is 53.0 Å². The van der Waals surface area contributed by atoms with Gasteiger partial charge in [0.15, 0.2) is 11.6 Å². The van der Waals surface area contributed by atoms with Crippen molar-refractivity contribution in [2.45, 2.75) is 31.6 Å². The number of hydrazine groups is 1. The number of nitrogens with zero attached hydrogens (tertiary/aromatic N) is 2. The molecule has 8 nitrogen and oxygen atoms in total. The average Bonchev–Trinajstić information content (AvgIpc) is 3.50. The van der Waals surface area contributed by atoms with E-state index >= 15 is 0 Å². The zero-order valence-corrected chi connectivity index (χ0v) is 19.2. The molecule has 2 aromatic carbocycles. The molecule has 0 spiro atoms. The van der Waals surface area contributed by atoms with Gasteiger partial charge in [-0.15, -0.1) is 0 Å². The van der Waals surface area contributed by atoms with E-state index in [2.05, 4.69) is 22.7 Å². The van der Waals surface area contributed by atoms with Gasteiger partial charge in [-0.3, -0.25) is 15.0 Å². The molecule has 4 atom stereocenters. The summed E-state index contributed by atoms with van der Waals surface area (Å²) in [5.41, 5.74) is 13.7. The van der Waals surface area contributed by atoms with Crippen molar-refractivity contribution in [1.29, 1.82) is 0 Å². The van der Waals surface area contributed by atoms with Crippen LogP contribution in [0, 0.1) is 23.6 Å². The van der Waals surface area contributed by atoms with E-state index in [-0.39, 0.29) is 29.5 Å². The third-order valence-corrected chi connectivity index (χ3v) is 6.68. The molecular formula is C26H26FN5O3. The summed E-state index contributed by atoms with van der Waals surface area (Å²) >= 11 is 0. The van der Waals surface area contributed by atoms with E-state index in [1.807, 2.05) is 23.2 Å². The largest absolute Gasteiger partial charge is 0.454 e. The quantitative estimate of drug-likeness (QED) is 0.584. The van der Waals surface area contributed by atoms with Gasteiger partial charge in [-0.1, -0.05) is 30.2 Å². The first-order chi connectivity index (χ1) is 17.0. The molecule has 3 heterocycles. The number of benzene rings is 2. The molecule has 0 aliphatic carbocycles. The molecule has 0 bridgehead atoms. The Labute approximate surface area is 202 Å². The van der Waals surface area contributed by atoms with Crippen LogP contribution in [0.1, 0.15) is 18.9 Å². The van der Waals surface area contributed by atoms with Crippen molar-refractivity contribution in [3.63, 3.8) is 0 Å². The van der Waals surface area contributed by atoms with Gasteiger partial charge >= 0.3 is 0 Å². The maximum atomic E-state index is 13.9. The fourth-order valence-electron chi connectivity index (χ4n) is 5.01. The number of nitrogens with two attached hydrogens (primary N) is 1. The highest BCUT2D eigenvalue weighted by atomic mass is 19.1. The van der Waals surface area contributed by atoms with Gasteiger partial charge in [0.25, 0.3) is 11.8 Å². The molecule has 2 aromatic rings. The van der Waals surface area contributed by atoms with Crippen molar-refractivity contribution < 1.29 is 18.7 Å². The molecule has 3 aliphatic rings. The number of carbonyl (C=O) groups is 2. The Hall–Kier alpha value is -3.87. The number of ether oxygens (including phenoxy) is 1. The molecule has 2 amide bonds. The van der Waals surface area contributed by atoms with E-state index in [1.54, 1.807) is 42.2 Å². The van der Waals surface area contributed by atoms with E-state index in [0.29, 0.717) is 18.8 Å². The number of hydrogen-bond acceptors (Lipinski definition) is 6. The summed E-state index contributed by atoms with van der Waals surface area (Å²) < 4.78 is 19.6. The molecule has 180 valence electrons. The lowest BCUT2D eigenvalue weighted by Gasteiger charge is -2.39. The second kappa shape index (κ2) is 9.41. The number of hydrogen-bond donors (Lipinski definition) is 3. The van der Waals surface area contributed by atoms with Crippen LogP contribution in [0.4, 0.5) is 4.39 Å². The third-order valence-electron chi connectivity index (χ3n) is 6.68. The van der Waals surface area contributed by atoms with Crippen molar-refractivity contribution in [3.8, 4) is 23.3 Å². The Kier molecular flexibility index (Phi) is 6.16. The minimum Gasteiger partial charge on any atom is -0.454 e. The minimum absolute atomic E-state index is 0.0256. The van der Waals surface area contributed by atoms with Crippen LogP contribution >= 0.6 is 0 Å². The van der Waals surface area contributed by atoms with Crippen molar-refractivity contribution in [1.82, 2.24) is 20.7 Å². The summed E-state index contributed by atoms with van der Waals surface area (Å²) in [5.74, 6) is 4.79. The van der Waals surface area contributed by atoms with E-state index in [4.69, 9.17) is 10.5 Å². The molecule has 0 radical (unpaired) electrons. The van der Waals surface area contributed by atoms with Crippen LogP contribution in [0.5, 0.6) is 11.5 Å². The number of amides is 2. The molecule has 3 aliphatic heterocycles. The highest BCUT2D eigenvalue weighted by Gasteiger charge is 2.49. The van der Waals surface area contributed by atoms with Crippen LogP contribution < -0.4 is 21.3 Å². The second-order valence-corrected chi connectivity index (χ2v) is 8.79. The van der Waals surface area contributed by atoms with Crippen molar-refractivity contribution >= 4 is 17.4 Å². The summed E-state index contributed by atoms with van der Waals surface area (Å²) in [5, 5.41) is 0. The molecule has 0 aromatic heterocycles. The topological polar surface area (TPSA) is 99.9 Å². The lowest BCUT2D eigenvalue weighted by Crippen LogP contribution is -2.67. The SMILES string of the molecule is CC#CC(=O)N1CC[C@@H](N2C=C(c3ccc(Oc4ccccc4F)cc3)C3C(N)NNC(=O)C32)C1. The van der Waals surface area contributed by atoms with Crippen molar-refractivity contribution in [2.24, 2.45) is 11.7 Å². The molecule has 4 N–H and O–H groups in total. The predicted octanol–water partition coefficient (Wildman–Crippen LogP) is 1.80. The van der Waals surface area contributed by atoms with E-state index < -0.39 is 18.0 Å². The Balaban J connectivity index is 1.41. The van der Waals surface area contributed by atoms with Crippen molar-refractivity contribution in [3.05, 3.63) is 66.1 Å². The highest BCUT2D eigenvalue weighted by molar-refractivity contribution is 5.93. The Bertz CT molecular complexity index is 1240. The molecule has 0 saturated carbocycles. The van der Waals surface area contributed by atoms with Crippen LogP contribution in [0.25, 0.3) is 5.57 Å². The van der Waals surface area contributed by atoms with E-state index in [9.17, 15) is 14.0 Å². The Morgan fingerprint density at radius 2 is 1.97 bits per heavy atom. The van der Waals surface area contributed by atoms with Gasteiger partial charge in [0.2, 0.25) is 0 Å². The summed E-state index contributed by atoms with van der Waals surface area (Å²) in [4.78, 5) is 28.9. The molecule has 3 unspecified atom stereocenters.